The number of carbonyl (C=O) groups is 3. The predicted molar refractivity (Wildman–Crippen MR) is 123 cm³/mol. The van der Waals surface area contributed by atoms with E-state index in [1.807, 2.05) is 32.0 Å². The van der Waals surface area contributed by atoms with Crippen LogP contribution in [0.2, 0.25) is 0 Å². The van der Waals surface area contributed by atoms with Crippen molar-refractivity contribution in [3.63, 3.8) is 0 Å². The molecule has 0 saturated carbocycles. The van der Waals surface area contributed by atoms with E-state index in [4.69, 9.17) is 12.2 Å². The molecule has 30 heavy (non-hydrogen) atoms. The van der Waals surface area contributed by atoms with Gasteiger partial charge in [-0.15, -0.1) is 0 Å². The molecule has 1 saturated heterocycles. The van der Waals surface area contributed by atoms with Gasteiger partial charge in [0.1, 0.15) is 10.9 Å². The molecule has 2 aromatic carbocycles. The van der Waals surface area contributed by atoms with Crippen molar-refractivity contribution in [2.75, 3.05) is 23.8 Å². The lowest BCUT2D eigenvalue weighted by molar-refractivity contribution is -0.121. The maximum absolute atomic E-state index is 13.3. The number of fused-ring (bicyclic) bond motifs is 1. The molecule has 0 unspecified atom stereocenters. The van der Waals surface area contributed by atoms with Crippen LogP contribution >= 0.6 is 24.0 Å². The average molecular weight is 438 g/mol. The number of para-hydroxylation sites is 1. The summed E-state index contributed by atoms with van der Waals surface area (Å²) < 4.78 is 0.402. The molecule has 0 aliphatic carbocycles. The zero-order valence-electron chi connectivity index (χ0n) is 16.7. The van der Waals surface area contributed by atoms with Crippen LogP contribution in [0.3, 0.4) is 0 Å². The standard InChI is InChI=1S/C22H19N3O3S2/c1-12-8-9-14(10-13(12)2)23-17(26)11-25-16-7-5-4-6-15(16)18(20(25)27)19-21(28)24(3)22(29)30-19/h4-10H,11H2,1-3H3,(H,23,26). The van der Waals surface area contributed by atoms with Gasteiger partial charge in [0, 0.05) is 18.3 Å². The van der Waals surface area contributed by atoms with Crippen molar-refractivity contribution in [2.24, 2.45) is 0 Å². The number of likely N-dealkylation sites (N-methyl/N-ethyl adjacent to an activating group) is 1. The molecule has 0 spiro atoms. The number of hydrogen-bond acceptors (Lipinski definition) is 5. The summed E-state index contributed by atoms with van der Waals surface area (Å²) >= 11 is 6.32. The number of aryl methyl sites for hydroxylation is 2. The highest BCUT2D eigenvalue weighted by atomic mass is 32.2. The normalized spacial score (nSPS) is 18.3. The number of carbonyl (C=O) groups excluding carboxylic acids is 3. The molecule has 152 valence electrons. The predicted octanol–water partition coefficient (Wildman–Crippen LogP) is 3.49. The number of thiocarbonyl (C=S) groups is 1. The first-order valence-electron chi connectivity index (χ1n) is 9.30. The summed E-state index contributed by atoms with van der Waals surface area (Å²) in [5.74, 6) is -0.990. The fraction of sp³-hybridized carbons (Fsp3) is 0.182. The van der Waals surface area contributed by atoms with Gasteiger partial charge in [-0.1, -0.05) is 48.2 Å². The minimum Gasteiger partial charge on any atom is -0.325 e. The summed E-state index contributed by atoms with van der Waals surface area (Å²) in [6.45, 7) is 3.82. The van der Waals surface area contributed by atoms with Crippen LogP contribution in [0.25, 0.3) is 5.57 Å². The van der Waals surface area contributed by atoms with Gasteiger partial charge in [0.05, 0.1) is 16.2 Å². The summed E-state index contributed by atoms with van der Waals surface area (Å²) in [4.78, 5) is 41.6. The molecule has 0 aromatic heterocycles. The number of hydrogen-bond donors (Lipinski definition) is 1. The van der Waals surface area contributed by atoms with Gasteiger partial charge in [0.25, 0.3) is 11.8 Å². The van der Waals surface area contributed by atoms with E-state index in [1.54, 1.807) is 31.3 Å². The van der Waals surface area contributed by atoms with Crippen molar-refractivity contribution in [1.82, 2.24) is 4.90 Å². The van der Waals surface area contributed by atoms with Crippen LogP contribution in [-0.4, -0.2) is 40.5 Å². The van der Waals surface area contributed by atoms with E-state index >= 15 is 0 Å². The van der Waals surface area contributed by atoms with Crippen molar-refractivity contribution < 1.29 is 14.4 Å². The summed E-state index contributed by atoms with van der Waals surface area (Å²) in [6, 6.07) is 12.8. The molecule has 0 atom stereocenters. The first kappa shape index (κ1) is 20.3. The van der Waals surface area contributed by atoms with Crippen LogP contribution in [0.5, 0.6) is 0 Å². The summed E-state index contributed by atoms with van der Waals surface area (Å²) in [6.07, 6.45) is 0. The maximum atomic E-state index is 13.3. The van der Waals surface area contributed by atoms with Crippen molar-refractivity contribution >= 4 is 63.0 Å². The Labute approximate surface area is 183 Å². The van der Waals surface area contributed by atoms with E-state index in [0.717, 1.165) is 22.9 Å². The topological polar surface area (TPSA) is 69.7 Å². The molecule has 2 aromatic rings. The molecule has 6 nitrogen and oxygen atoms in total. The Morgan fingerprint density at radius 3 is 2.47 bits per heavy atom. The van der Waals surface area contributed by atoms with E-state index in [9.17, 15) is 14.4 Å². The first-order chi connectivity index (χ1) is 14.3. The van der Waals surface area contributed by atoms with Crippen molar-refractivity contribution in [3.8, 4) is 0 Å². The Bertz CT molecular complexity index is 1160. The second-order valence-electron chi connectivity index (χ2n) is 7.19. The molecular weight excluding hydrogens is 418 g/mol. The third kappa shape index (κ3) is 3.42. The van der Waals surface area contributed by atoms with E-state index in [0.29, 0.717) is 31.7 Å². The molecule has 0 radical (unpaired) electrons. The van der Waals surface area contributed by atoms with Gasteiger partial charge in [0.15, 0.2) is 0 Å². The quantitative estimate of drug-likeness (QED) is 0.588. The first-order valence-corrected chi connectivity index (χ1v) is 10.5. The number of anilines is 2. The van der Waals surface area contributed by atoms with Gasteiger partial charge in [-0.05, 0) is 43.2 Å². The van der Waals surface area contributed by atoms with Crippen LogP contribution in [0.4, 0.5) is 11.4 Å². The molecule has 1 N–H and O–H groups in total. The molecule has 2 heterocycles. The number of rotatable bonds is 3. The van der Waals surface area contributed by atoms with Gasteiger partial charge in [-0.25, -0.2) is 0 Å². The summed E-state index contributed by atoms with van der Waals surface area (Å²) in [7, 11) is 1.59. The van der Waals surface area contributed by atoms with Gasteiger partial charge < -0.3 is 5.32 Å². The van der Waals surface area contributed by atoms with Crippen molar-refractivity contribution in [3.05, 3.63) is 64.1 Å². The lowest BCUT2D eigenvalue weighted by Gasteiger charge is -2.17. The molecule has 2 aliphatic heterocycles. The SMILES string of the molecule is Cc1ccc(NC(=O)CN2C(=O)C(=C3SC(=S)N(C)C3=O)c3ccccc32)cc1C. The second kappa shape index (κ2) is 7.70. The van der Waals surface area contributed by atoms with E-state index in [1.165, 1.54) is 9.80 Å². The number of nitrogens with one attached hydrogen (secondary N) is 1. The minimum atomic E-state index is -0.375. The highest BCUT2D eigenvalue weighted by Gasteiger charge is 2.41. The van der Waals surface area contributed by atoms with E-state index in [-0.39, 0.29) is 24.3 Å². The zero-order valence-corrected chi connectivity index (χ0v) is 18.3. The molecule has 2 aliphatic rings. The van der Waals surface area contributed by atoms with Crippen LogP contribution in [-0.2, 0) is 14.4 Å². The highest BCUT2D eigenvalue weighted by Crippen LogP contribution is 2.44. The summed E-state index contributed by atoms with van der Waals surface area (Å²) in [5, 5.41) is 2.85. The van der Waals surface area contributed by atoms with E-state index in [2.05, 4.69) is 5.32 Å². The average Bonchev–Trinajstić information content (AvgIpc) is 3.12. The second-order valence-corrected chi connectivity index (χ2v) is 8.84. The molecule has 3 amide bonds. The van der Waals surface area contributed by atoms with E-state index < -0.39 is 0 Å². The number of amides is 3. The van der Waals surface area contributed by atoms with Gasteiger partial charge in [-0.3, -0.25) is 24.2 Å². The van der Waals surface area contributed by atoms with Crippen LogP contribution < -0.4 is 10.2 Å². The Morgan fingerprint density at radius 1 is 1.07 bits per heavy atom. The number of nitrogens with zero attached hydrogens (tertiary/aromatic N) is 2. The van der Waals surface area contributed by atoms with Crippen molar-refractivity contribution in [1.29, 1.82) is 0 Å². The lowest BCUT2D eigenvalue weighted by atomic mass is 10.1. The molecule has 1 fully saturated rings. The van der Waals surface area contributed by atoms with Crippen LogP contribution in [0.15, 0.2) is 47.4 Å². The fourth-order valence-electron chi connectivity index (χ4n) is 3.41. The minimum absolute atomic E-state index is 0.154. The molecule has 8 heteroatoms. The molecule has 0 bridgehead atoms. The van der Waals surface area contributed by atoms with Crippen LogP contribution in [0.1, 0.15) is 16.7 Å². The molecule has 4 rings (SSSR count). The largest absolute Gasteiger partial charge is 0.325 e. The third-order valence-electron chi connectivity index (χ3n) is 5.20. The Hall–Kier alpha value is -2.97. The fourth-order valence-corrected chi connectivity index (χ4v) is 4.66. The van der Waals surface area contributed by atoms with Gasteiger partial charge >= 0.3 is 0 Å². The van der Waals surface area contributed by atoms with Crippen LogP contribution in [0, 0.1) is 13.8 Å². The monoisotopic (exact) mass is 437 g/mol. The Kier molecular flexibility index (Phi) is 5.21. The third-order valence-corrected chi connectivity index (χ3v) is 6.76. The smallest absolute Gasteiger partial charge is 0.266 e. The molecular formula is C22H19N3O3S2. The van der Waals surface area contributed by atoms with Gasteiger partial charge in [-0.2, -0.15) is 0 Å². The Morgan fingerprint density at radius 2 is 1.80 bits per heavy atom. The van der Waals surface area contributed by atoms with Crippen molar-refractivity contribution in [2.45, 2.75) is 13.8 Å². The maximum Gasteiger partial charge on any atom is 0.266 e. The highest BCUT2D eigenvalue weighted by molar-refractivity contribution is 8.26. The number of benzene rings is 2. The Balaban J connectivity index is 1.64. The zero-order chi connectivity index (χ0) is 21.6. The number of thioether (sulfide) groups is 1. The lowest BCUT2D eigenvalue weighted by Crippen LogP contribution is -2.35. The van der Waals surface area contributed by atoms with Gasteiger partial charge in [0.2, 0.25) is 5.91 Å². The summed E-state index contributed by atoms with van der Waals surface area (Å²) in [5.41, 5.74) is 4.42.